The van der Waals surface area contributed by atoms with Crippen LogP contribution >= 0.6 is 15.9 Å². The highest BCUT2D eigenvalue weighted by atomic mass is 79.9. The molecule has 0 bridgehead atoms. The molecule has 0 atom stereocenters. The molecule has 1 aromatic rings. The van der Waals surface area contributed by atoms with Crippen molar-refractivity contribution in [3.63, 3.8) is 0 Å². The topological polar surface area (TPSA) is 36.7 Å². The van der Waals surface area contributed by atoms with Gasteiger partial charge in [0.15, 0.2) is 0 Å². The normalized spacial score (nSPS) is 11.0. The van der Waals surface area contributed by atoms with E-state index in [1.165, 1.54) is 0 Å². The van der Waals surface area contributed by atoms with E-state index in [1.54, 1.807) is 6.20 Å². The third-order valence-corrected chi connectivity index (χ3v) is 2.95. The van der Waals surface area contributed by atoms with E-state index in [0.29, 0.717) is 0 Å². The molecule has 0 aromatic carbocycles. The van der Waals surface area contributed by atoms with Gasteiger partial charge in [0.1, 0.15) is 0 Å². The van der Waals surface area contributed by atoms with Gasteiger partial charge in [0.2, 0.25) is 0 Å². The summed E-state index contributed by atoms with van der Waals surface area (Å²) in [6.45, 7) is 5.71. The summed E-state index contributed by atoms with van der Waals surface area (Å²) in [5.41, 5.74) is 1.37. The average molecular weight is 239 g/mol. The molecule has 0 aliphatic rings. The SMILES string of the molecule is Cc1ccnc(C(C)(C)C#N)c1Br. The summed E-state index contributed by atoms with van der Waals surface area (Å²) in [4.78, 5) is 4.21. The first kappa shape index (κ1) is 10.2. The quantitative estimate of drug-likeness (QED) is 0.755. The van der Waals surface area contributed by atoms with Crippen LogP contribution in [0.2, 0.25) is 0 Å². The summed E-state index contributed by atoms with van der Waals surface area (Å²) in [6, 6.07) is 4.15. The summed E-state index contributed by atoms with van der Waals surface area (Å²) in [7, 11) is 0. The molecule has 0 N–H and O–H groups in total. The number of halogens is 1. The van der Waals surface area contributed by atoms with E-state index in [2.05, 4.69) is 27.0 Å². The molecule has 1 heterocycles. The maximum absolute atomic E-state index is 8.95. The van der Waals surface area contributed by atoms with Crippen molar-refractivity contribution in [3.05, 3.63) is 28.0 Å². The fourth-order valence-corrected chi connectivity index (χ4v) is 1.76. The summed E-state index contributed by atoms with van der Waals surface area (Å²) < 4.78 is 0.932. The lowest BCUT2D eigenvalue weighted by Gasteiger charge is -2.16. The van der Waals surface area contributed by atoms with E-state index in [0.717, 1.165) is 15.7 Å². The van der Waals surface area contributed by atoms with E-state index in [9.17, 15) is 0 Å². The number of aryl methyl sites for hydroxylation is 1. The van der Waals surface area contributed by atoms with Crippen molar-refractivity contribution in [3.8, 4) is 6.07 Å². The zero-order valence-electron chi connectivity index (χ0n) is 7.93. The predicted molar refractivity (Wildman–Crippen MR) is 55.3 cm³/mol. The van der Waals surface area contributed by atoms with Gasteiger partial charge in [0.05, 0.1) is 17.2 Å². The van der Waals surface area contributed by atoms with Crippen LogP contribution in [0.25, 0.3) is 0 Å². The predicted octanol–water partition coefficient (Wildman–Crippen LogP) is 2.95. The van der Waals surface area contributed by atoms with Gasteiger partial charge < -0.3 is 0 Å². The molecule has 0 amide bonds. The van der Waals surface area contributed by atoms with Gasteiger partial charge in [-0.25, -0.2) is 0 Å². The van der Waals surface area contributed by atoms with Gasteiger partial charge in [-0.3, -0.25) is 4.98 Å². The number of hydrogen-bond acceptors (Lipinski definition) is 2. The molecule has 0 aliphatic heterocycles. The smallest absolute Gasteiger partial charge is 0.0948 e. The molecule has 2 nitrogen and oxygen atoms in total. The van der Waals surface area contributed by atoms with Crippen LogP contribution in [0.15, 0.2) is 16.7 Å². The Morgan fingerprint density at radius 2 is 2.15 bits per heavy atom. The average Bonchev–Trinajstić information content (AvgIpc) is 2.09. The molecule has 0 aliphatic carbocycles. The van der Waals surface area contributed by atoms with Crippen LogP contribution in [0.3, 0.4) is 0 Å². The van der Waals surface area contributed by atoms with E-state index >= 15 is 0 Å². The molecule has 0 saturated heterocycles. The Morgan fingerprint density at radius 1 is 1.54 bits per heavy atom. The van der Waals surface area contributed by atoms with Gasteiger partial charge in [-0.15, -0.1) is 0 Å². The third kappa shape index (κ3) is 1.89. The standard InChI is InChI=1S/C10H11BrN2/c1-7-4-5-13-9(8(7)11)10(2,3)6-12/h4-5H,1-3H3. The second-order valence-corrected chi connectivity index (χ2v) is 4.32. The molecule has 3 heteroatoms. The molecular weight excluding hydrogens is 228 g/mol. The fourth-order valence-electron chi connectivity index (χ4n) is 1.03. The Hall–Kier alpha value is -0.880. The van der Waals surface area contributed by atoms with Gasteiger partial charge in [-0.05, 0) is 48.3 Å². The fraction of sp³-hybridized carbons (Fsp3) is 0.400. The highest BCUT2D eigenvalue weighted by molar-refractivity contribution is 9.10. The van der Waals surface area contributed by atoms with Crippen molar-refractivity contribution in [2.45, 2.75) is 26.2 Å². The van der Waals surface area contributed by atoms with Gasteiger partial charge in [0, 0.05) is 10.7 Å². The molecule has 0 radical (unpaired) electrons. The Balaban J connectivity index is 3.33. The Labute approximate surface area is 86.7 Å². The van der Waals surface area contributed by atoms with E-state index in [1.807, 2.05) is 26.8 Å². The molecule has 1 rings (SSSR count). The number of nitrogens with zero attached hydrogens (tertiary/aromatic N) is 2. The van der Waals surface area contributed by atoms with Gasteiger partial charge in [-0.1, -0.05) is 0 Å². The maximum Gasteiger partial charge on any atom is 0.0948 e. The molecule has 13 heavy (non-hydrogen) atoms. The minimum atomic E-state index is -0.537. The van der Waals surface area contributed by atoms with Crippen molar-refractivity contribution in [2.75, 3.05) is 0 Å². The van der Waals surface area contributed by atoms with Gasteiger partial charge in [-0.2, -0.15) is 5.26 Å². The Kier molecular flexibility index (Phi) is 2.72. The minimum absolute atomic E-state index is 0.537. The first-order valence-corrected chi connectivity index (χ1v) is 4.81. The van der Waals surface area contributed by atoms with E-state index < -0.39 is 5.41 Å². The third-order valence-electron chi connectivity index (χ3n) is 1.95. The Morgan fingerprint density at radius 3 is 2.69 bits per heavy atom. The highest BCUT2D eigenvalue weighted by Crippen LogP contribution is 2.29. The lowest BCUT2D eigenvalue weighted by Crippen LogP contribution is -2.17. The highest BCUT2D eigenvalue weighted by Gasteiger charge is 2.24. The van der Waals surface area contributed by atoms with E-state index in [-0.39, 0.29) is 0 Å². The zero-order chi connectivity index (χ0) is 10.1. The van der Waals surface area contributed by atoms with Crippen LogP contribution in [0.5, 0.6) is 0 Å². The largest absolute Gasteiger partial charge is 0.258 e. The van der Waals surface area contributed by atoms with Crippen molar-refractivity contribution < 1.29 is 0 Å². The summed E-state index contributed by atoms with van der Waals surface area (Å²) in [5, 5.41) is 8.95. The van der Waals surface area contributed by atoms with Gasteiger partial charge >= 0.3 is 0 Å². The molecule has 68 valence electrons. The molecule has 0 unspecified atom stereocenters. The first-order chi connectivity index (χ1) is 5.99. The molecule has 0 saturated carbocycles. The summed E-state index contributed by atoms with van der Waals surface area (Å²) in [5.74, 6) is 0. The second-order valence-electron chi connectivity index (χ2n) is 3.53. The monoisotopic (exact) mass is 238 g/mol. The van der Waals surface area contributed by atoms with Crippen molar-refractivity contribution in [1.82, 2.24) is 4.98 Å². The second kappa shape index (κ2) is 3.47. The summed E-state index contributed by atoms with van der Waals surface area (Å²) in [6.07, 6.45) is 1.73. The number of nitriles is 1. The Bertz CT molecular complexity index is 364. The van der Waals surface area contributed by atoms with Crippen molar-refractivity contribution >= 4 is 15.9 Å². The molecule has 0 fully saturated rings. The zero-order valence-corrected chi connectivity index (χ0v) is 9.51. The van der Waals surface area contributed by atoms with Crippen LogP contribution in [0.4, 0.5) is 0 Å². The lowest BCUT2D eigenvalue weighted by molar-refractivity contribution is 0.654. The van der Waals surface area contributed by atoms with E-state index in [4.69, 9.17) is 5.26 Å². The van der Waals surface area contributed by atoms with Crippen LogP contribution in [0, 0.1) is 18.3 Å². The number of rotatable bonds is 1. The van der Waals surface area contributed by atoms with Crippen LogP contribution in [-0.2, 0) is 5.41 Å². The number of pyridine rings is 1. The minimum Gasteiger partial charge on any atom is -0.258 e. The van der Waals surface area contributed by atoms with Crippen LogP contribution < -0.4 is 0 Å². The summed E-state index contributed by atoms with van der Waals surface area (Å²) >= 11 is 3.44. The maximum atomic E-state index is 8.95. The number of hydrogen-bond donors (Lipinski definition) is 0. The molecule has 1 aromatic heterocycles. The van der Waals surface area contributed by atoms with Crippen molar-refractivity contribution in [1.29, 1.82) is 5.26 Å². The van der Waals surface area contributed by atoms with Crippen LogP contribution in [-0.4, -0.2) is 4.98 Å². The number of aromatic nitrogens is 1. The lowest BCUT2D eigenvalue weighted by atomic mass is 9.90. The molecular formula is C10H11BrN2. The van der Waals surface area contributed by atoms with Gasteiger partial charge in [0.25, 0.3) is 0 Å². The van der Waals surface area contributed by atoms with Crippen molar-refractivity contribution in [2.24, 2.45) is 0 Å². The van der Waals surface area contributed by atoms with Crippen LogP contribution in [0.1, 0.15) is 25.1 Å². The first-order valence-electron chi connectivity index (χ1n) is 4.02. The molecule has 0 spiro atoms.